The number of fused-ring (bicyclic) bond motifs is 1. The van der Waals surface area contributed by atoms with Crippen molar-refractivity contribution in [1.29, 1.82) is 0 Å². The van der Waals surface area contributed by atoms with E-state index >= 15 is 0 Å². The van der Waals surface area contributed by atoms with E-state index < -0.39 is 6.04 Å². The number of hydrogen-bond acceptors (Lipinski definition) is 3. The third-order valence-electron chi connectivity index (χ3n) is 5.35. The number of benzene rings is 1. The van der Waals surface area contributed by atoms with Gasteiger partial charge in [-0.05, 0) is 63.0 Å². The van der Waals surface area contributed by atoms with Gasteiger partial charge in [0.1, 0.15) is 6.04 Å². The van der Waals surface area contributed by atoms with Crippen LogP contribution in [0.5, 0.6) is 0 Å². The van der Waals surface area contributed by atoms with E-state index in [1.807, 2.05) is 42.3 Å². The van der Waals surface area contributed by atoms with Crippen molar-refractivity contribution in [3.63, 3.8) is 0 Å². The molecule has 7 heteroatoms. The number of H-pyrrole nitrogens is 1. The molecule has 3 rings (SSSR count). The molecule has 0 radical (unpaired) electrons. The summed E-state index contributed by atoms with van der Waals surface area (Å²) in [6.07, 6.45) is 2.75. The number of aromatic nitrogens is 1. The zero-order chi connectivity index (χ0) is 19.8. The fourth-order valence-electron chi connectivity index (χ4n) is 3.48. The van der Waals surface area contributed by atoms with E-state index in [2.05, 4.69) is 31.1 Å². The van der Waals surface area contributed by atoms with Crippen molar-refractivity contribution in [3.8, 4) is 0 Å². The van der Waals surface area contributed by atoms with E-state index in [-0.39, 0.29) is 23.8 Å². The summed E-state index contributed by atoms with van der Waals surface area (Å²) in [5.41, 5.74) is 1.36. The summed E-state index contributed by atoms with van der Waals surface area (Å²) in [6.45, 7) is 8.57. The molecule has 6 nitrogen and oxygen atoms in total. The minimum atomic E-state index is -0.568. The second-order valence-corrected chi connectivity index (χ2v) is 7.81. The molecule has 1 fully saturated rings. The maximum Gasteiger partial charge on any atom is 0.252 e. The van der Waals surface area contributed by atoms with E-state index in [1.54, 1.807) is 4.90 Å². The third kappa shape index (κ3) is 3.56. The van der Waals surface area contributed by atoms with Gasteiger partial charge >= 0.3 is 0 Å². The number of nitrogens with zero attached hydrogens (tertiary/aromatic N) is 2. The summed E-state index contributed by atoms with van der Waals surface area (Å²) in [5, 5.41) is 4.51. The molecule has 2 amide bonds. The maximum atomic E-state index is 12.9. The highest BCUT2D eigenvalue weighted by molar-refractivity contribution is 7.80. The molecule has 1 aromatic heterocycles. The molecule has 0 bridgehead atoms. The lowest BCUT2D eigenvalue weighted by Gasteiger charge is -2.39. The molecule has 2 heterocycles. The fraction of sp³-hybridized carbons (Fsp3) is 0.450. The average molecular weight is 387 g/mol. The van der Waals surface area contributed by atoms with E-state index in [4.69, 9.17) is 12.2 Å². The molecule has 1 unspecified atom stereocenters. The lowest BCUT2D eigenvalue weighted by Crippen LogP contribution is -2.50. The van der Waals surface area contributed by atoms with E-state index in [0.717, 1.165) is 17.3 Å². The van der Waals surface area contributed by atoms with Gasteiger partial charge in [0.25, 0.3) is 5.91 Å². The Bertz CT molecular complexity index is 889. The van der Waals surface area contributed by atoms with Crippen LogP contribution in [-0.4, -0.2) is 49.8 Å². The van der Waals surface area contributed by atoms with Crippen molar-refractivity contribution in [2.75, 3.05) is 11.9 Å². The molecule has 1 saturated heterocycles. The molecule has 0 aliphatic carbocycles. The van der Waals surface area contributed by atoms with Gasteiger partial charge in [-0.25, -0.2) is 0 Å². The Morgan fingerprint density at radius 2 is 2.04 bits per heavy atom. The van der Waals surface area contributed by atoms with Crippen molar-refractivity contribution < 1.29 is 9.59 Å². The smallest absolute Gasteiger partial charge is 0.252 e. The van der Waals surface area contributed by atoms with Crippen LogP contribution in [0.4, 0.5) is 5.69 Å². The largest absolute Gasteiger partial charge is 0.361 e. The van der Waals surface area contributed by atoms with Gasteiger partial charge in [0.05, 0.1) is 6.42 Å². The Labute approximate surface area is 164 Å². The highest BCUT2D eigenvalue weighted by Crippen LogP contribution is 2.31. The van der Waals surface area contributed by atoms with Gasteiger partial charge < -0.3 is 15.2 Å². The van der Waals surface area contributed by atoms with E-state index in [9.17, 15) is 9.59 Å². The van der Waals surface area contributed by atoms with Crippen molar-refractivity contribution in [1.82, 2.24) is 14.8 Å². The summed E-state index contributed by atoms with van der Waals surface area (Å²) in [7, 11) is 0. The number of likely N-dealkylation sites (N-methyl/N-ethyl adjacent to an activating group) is 1. The van der Waals surface area contributed by atoms with Crippen LogP contribution in [0, 0.1) is 0 Å². The standard InChI is InChI=1S/C20H26N4O2S/c1-5-20(3,4)24-16(18(26)23(6-2)19(24)27)12-17(25)22-14-8-7-13-9-10-21-15(13)11-14/h7-11,16,21H,5-6,12H2,1-4H3,(H,22,25). The number of amides is 2. The van der Waals surface area contributed by atoms with E-state index in [1.165, 1.54) is 0 Å². The van der Waals surface area contributed by atoms with Gasteiger partial charge in [-0.2, -0.15) is 0 Å². The number of aromatic amines is 1. The van der Waals surface area contributed by atoms with Gasteiger partial charge in [0, 0.05) is 29.5 Å². The molecule has 2 aromatic rings. The SMILES string of the molecule is CCN1C(=O)C(CC(=O)Nc2ccc3cc[nH]c3c2)N(C(C)(C)CC)C1=S. The Balaban J connectivity index is 1.79. The summed E-state index contributed by atoms with van der Waals surface area (Å²) < 4.78 is 0. The van der Waals surface area contributed by atoms with Crippen molar-refractivity contribution in [3.05, 3.63) is 30.5 Å². The molecule has 0 spiro atoms. The van der Waals surface area contributed by atoms with Gasteiger partial charge in [-0.3, -0.25) is 14.5 Å². The Morgan fingerprint density at radius 1 is 1.30 bits per heavy atom. The molecular weight excluding hydrogens is 360 g/mol. The number of carbonyl (C=O) groups excluding carboxylic acids is 2. The first-order valence-electron chi connectivity index (χ1n) is 9.30. The molecule has 1 atom stereocenters. The van der Waals surface area contributed by atoms with Gasteiger partial charge in [0.2, 0.25) is 5.91 Å². The average Bonchev–Trinajstić information content (AvgIpc) is 3.17. The monoisotopic (exact) mass is 386 g/mol. The lowest BCUT2D eigenvalue weighted by molar-refractivity contribution is -0.131. The van der Waals surface area contributed by atoms with Crippen LogP contribution < -0.4 is 5.32 Å². The number of thiocarbonyl (C=S) groups is 1. The van der Waals surface area contributed by atoms with Crippen molar-refractivity contribution in [2.45, 2.75) is 52.1 Å². The van der Waals surface area contributed by atoms with Gasteiger partial charge in [-0.15, -0.1) is 0 Å². The van der Waals surface area contributed by atoms with Crippen molar-refractivity contribution in [2.24, 2.45) is 0 Å². The number of rotatable bonds is 6. The topological polar surface area (TPSA) is 68.4 Å². The molecule has 2 N–H and O–H groups in total. The molecule has 1 aliphatic rings. The Kier molecular flexibility index (Phi) is 5.24. The second-order valence-electron chi connectivity index (χ2n) is 7.45. The van der Waals surface area contributed by atoms with Crippen LogP contribution in [0.25, 0.3) is 10.9 Å². The van der Waals surface area contributed by atoms with Crippen LogP contribution in [-0.2, 0) is 9.59 Å². The first-order valence-corrected chi connectivity index (χ1v) is 9.71. The van der Waals surface area contributed by atoms with Crippen LogP contribution >= 0.6 is 12.2 Å². The first-order chi connectivity index (χ1) is 12.8. The summed E-state index contributed by atoms with van der Waals surface area (Å²) in [4.78, 5) is 32.2. The van der Waals surface area contributed by atoms with E-state index in [0.29, 0.717) is 17.3 Å². The predicted octanol–water partition coefficient (Wildman–Crippen LogP) is 3.50. The van der Waals surface area contributed by atoms with Crippen LogP contribution in [0.2, 0.25) is 0 Å². The Morgan fingerprint density at radius 3 is 2.70 bits per heavy atom. The van der Waals surface area contributed by atoms with Crippen LogP contribution in [0.15, 0.2) is 30.5 Å². The van der Waals surface area contributed by atoms with Gasteiger partial charge in [-0.1, -0.05) is 13.0 Å². The highest BCUT2D eigenvalue weighted by Gasteiger charge is 2.47. The number of hydrogen-bond donors (Lipinski definition) is 2. The molecular formula is C20H26N4O2S. The third-order valence-corrected chi connectivity index (χ3v) is 5.77. The molecule has 144 valence electrons. The number of anilines is 1. The number of nitrogens with one attached hydrogen (secondary N) is 2. The minimum absolute atomic E-state index is 0.0711. The first kappa shape index (κ1) is 19.4. The van der Waals surface area contributed by atoms with Crippen LogP contribution in [0.3, 0.4) is 0 Å². The Hall–Kier alpha value is -2.41. The normalized spacial score (nSPS) is 17.9. The lowest BCUT2D eigenvalue weighted by atomic mass is 9.97. The highest BCUT2D eigenvalue weighted by atomic mass is 32.1. The molecule has 0 saturated carbocycles. The quantitative estimate of drug-likeness (QED) is 0.746. The molecule has 1 aliphatic heterocycles. The van der Waals surface area contributed by atoms with Gasteiger partial charge in [0.15, 0.2) is 5.11 Å². The summed E-state index contributed by atoms with van der Waals surface area (Å²) in [6, 6.07) is 7.11. The maximum absolute atomic E-state index is 12.9. The minimum Gasteiger partial charge on any atom is -0.361 e. The second kappa shape index (κ2) is 7.31. The summed E-state index contributed by atoms with van der Waals surface area (Å²) >= 11 is 5.55. The number of carbonyl (C=O) groups is 2. The van der Waals surface area contributed by atoms with Crippen molar-refractivity contribution >= 4 is 45.7 Å². The fourth-order valence-corrected chi connectivity index (χ4v) is 4.08. The predicted molar refractivity (Wildman–Crippen MR) is 112 cm³/mol. The molecule has 1 aromatic carbocycles. The van der Waals surface area contributed by atoms with Crippen LogP contribution in [0.1, 0.15) is 40.5 Å². The zero-order valence-electron chi connectivity index (χ0n) is 16.2. The zero-order valence-corrected chi connectivity index (χ0v) is 17.0. The molecule has 27 heavy (non-hydrogen) atoms. The summed E-state index contributed by atoms with van der Waals surface area (Å²) in [5.74, 6) is -0.295.